The maximum absolute atomic E-state index is 11.1. The van der Waals surface area contributed by atoms with E-state index in [1.54, 1.807) is 0 Å². The van der Waals surface area contributed by atoms with E-state index in [-0.39, 0.29) is 5.25 Å². The van der Waals surface area contributed by atoms with Crippen molar-refractivity contribution in [2.75, 3.05) is 0 Å². The summed E-state index contributed by atoms with van der Waals surface area (Å²) in [4.78, 5) is 12.2. The standard InChI is InChI=1S/C14H18O2S/c1-9(2)10-5-7-12(8-6-10)17-13(14(15)16)11-3-4-11/h5-9,11,13H,3-4H2,1-2H3,(H,15,16). The quantitative estimate of drug-likeness (QED) is 0.808. The van der Waals surface area contributed by atoms with Gasteiger partial charge in [-0.3, -0.25) is 4.79 Å². The van der Waals surface area contributed by atoms with E-state index < -0.39 is 5.97 Å². The summed E-state index contributed by atoms with van der Waals surface area (Å²) in [6.07, 6.45) is 2.13. The Kier molecular flexibility index (Phi) is 3.77. The van der Waals surface area contributed by atoms with Gasteiger partial charge in [0.25, 0.3) is 0 Å². The van der Waals surface area contributed by atoms with E-state index in [0.717, 1.165) is 17.7 Å². The van der Waals surface area contributed by atoms with Crippen LogP contribution in [0.25, 0.3) is 0 Å². The van der Waals surface area contributed by atoms with E-state index in [0.29, 0.717) is 11.8 Å². The van der Waals surface area contributed by atoms with E-state index in [4.69, 9.17) is 5.11 Å². The summed E-state index contributed by atoms with van der Waals surface area (Å²) in [5.74, 6) is 0.223. The molecule has 92 valence electrons. The van der Waals surface area contributed by atoms with E-state index in [1.165, 1.54) is 17.3 Å². The van der Waals surface area contributed by atoms with Crippen molar-refractivity contribution in [2.45, 2.75) is 42.8 Å². The van der Waals surface area contributed by atoms with Crippen LogP contribution in [0.1, 0.15) is 38.2 Å². The molecule has 0 saturated heterocycles. The van der Waals surface area contributed by atoms with Crippen molar-refractivity contribution < 1.29 is 9.90 Å². The maximum Gasteiger partial charge on any atom is 0.317 e. The minimum absolute atomic E-state index is 0.264. The van der Waals surface area contributed by atoms with Crippen molar-refractivity contribution in [3.8, 4) is 0 Å². The van der Waals surface area contributed by atoms with Gasteiger partial charge in [0.15, 0.2) is 0 Å². The molecule has 1 atom stereocenters. The second kappa shape index (κ2) is 5.13. The molecular weight excluding hydrogens is 232 g/mol. The molecule has 3 heteroatoms. The van der Waals surface area contributed by atoms with Gasteiger partial charge in [-0.25, -0.2) is 0 Å². The van der Waals surface area contributed by atoms with Crippen molar-refractivity contribution in [3.05, 3.63) is 29.8 Å². The molecule has 2 rings (SSSR count). The molecule has 0 aliphatic heterocycles. The van der Waals surface area contributed by atoms with Crippen LogP contribution in [0.2, 0.25) is 0 Å². The number of carbonyl (C=O) groups is 1. The zero-order valence-electron chi connectivity index (χ0n) is 10.2. The van der Waals surface area contributed by atoms with Crippen LogP contribution in [0.5, 0.6) is 0 Å². The molecule has 1 fully saturated rings. The van der Waals surface area contributed by atoms with E-state index >= 15 is 0 Å². The molecule has 1 saturated carbocycles. The minimum Gasteiger partial charge on any atom is -0.480 e. The molecule has 1 aromatic rings. The molecule has 0 heterocycles. The van der Waals surface area contributed by atoms with E-state index in [1.807, 2.05) is 12.1 Å². The normalized spacial score (nSPS) is 17.1. The lowest BCUT2D eigenvalue weighted by atomic mass is 10.0. The van der Waals surface area contributed by atoms with Crippen molar-refractivity contribution in [1.29, 1.82) is 0 Å². The summed E-state index contributed by atoms with van der Waals surface area (Å²) in [7, 11) is 0. The van der Waals surface area contributed by atoms with Gasteiger partial charge in [0, 0.05) is 4.90 Å². The molecule has 0 radical (unpaired) electrons. The van der Waals surface area contributed by atoms with Crippen molar-refractivity contribution in [1.82, 2.24) is 0 Å². The summed E-state index contributed by atoms with van der Waals surface area (Å²) < 4.78 is 0. The molecule has 1 aliphatic rings. The second-order valence-electron chi connectivity index (χ2n) is 4.94. The first-order chi connectivity index (χ1) is 8.08. The van der Waals surface area contributed by atoms with Gasteiger partial charge < -0.3 is 5.11 Å². The second-order valence-corrected chi connectivity index (χ2v) is 6.15. The number of carboxylic acids is 1. The topological polar surface area (TPSA) is 37.3 Å². The lowest BCUT2D eigenvalue weighted by molar-refractivity contribution is -0.136. The molecule has 1 N–H and O–H groups in total. The molecule has 0 aromatic heterocycles. The number of carboxylic acid groups (broad SMARTS) is 1. The first kappa shape index (κ1) is 12.5. The molecule has 0 spiro atoms. The zero-order valence-corrected chi connectivity index (χ0v) is 11.0. The third-order valence-corrected chi connectivity index (χ3v) is 4.49. The Labute approximate surface area is 106 Å². The van der Waals surface area contributed by atoms with Gasteiger partial charge in [-0.1, -0.05) is 26.0 Å². The highest BCUT2D eigenvalue weighted by atomic mass is 32.2. The fourth-order valence-electron chi connectivity index (χ4n) is 1.83. The van der Waals surface area contributed by atoms with Gasteiger partial charge in [0.05, 0.1) is 0 Å². The van der Waals surface area contributed by atoms with Crippen LogP contribution in [-0.4, -0.2) is 16.3 Å². The van der Waals surface area contributed by atoms with E-state index in [9.17, 15) is 4.79 Å². The fraction of sp³-hybridized carbons (Fsp3) is 0.500. The number of rotatable bonds is 5. The molecule has 0 bridgehead atoms. The van der Waals surface area contributed by atoms with Gasteiger partial charge in [0.1, 0.15) is 5.25 Å². The van der Waals surface area contributed by atoms with Crippen LogP contribution >= 0.6 is 11.8 Å². The SMILES string of the molecule is CC(C)c1ccc(SC(C(=O)O)C2CC2)cc1. The van der Waals surface area contributed by atoms with Gasteiger partial charge in [0.2, 0.25) is 0 Å². The molecule has 1 aromatic carbocycles. The highest BCUT2D eigenvalue weighted by molar-refractivity contribution is 8.00. The van der Waals surface area contributed by atoms with Gasteiger partial charge in [-0.05, 0) is 42.4 Å². The predicted octanol–water partition coefficient (Wildman–Crippen LogP) is 3.77. The van der Waals surface area contributed by atoms with Gasteiger partial charge >= 0.3 is 5.97 Å². The highest BCUT2D eigenvalue weighted by Gasteiger charge is 2.36. The summed E-state index contributed by atoms with van der Waals surface area (Å²) in [6.45, 7) is 4.32. The summed E-state index contributed by atoms with van der Waals surface area (Å²) in [6, 6.07) is 8.27. The largest absolute Gasteiger partial charge is 0.480 e. The summed E-state index contributed by atoms with van der Waals surface area (Å²) in [5.41, 5.74) is 1.30. The zero-order chi connectivity index (χ0) is 12.4. The van der Waals surface area contributed by atoms with E-state index in [2.05, 4.69) is 26.0 Å². The smallest absolute Gasteiger partial charge is 0.317 e. The average Bonchev–Trinajstić information content (AvgIpc) is 3.10. The Morgan fingerprint density at radius 2 is 1.88 bits per heavy atom. The maximum atomic E-state index is 11.1. The highest BCUT2D eigenvalue weighted by Crippen LogP contribution is 2.41. The third-order valence-electron chi connectivity index (χ3n) is 3.10. The van der Waals surface area contributed by atoms with Crippen molar-refractivity contribution in [2.24, 2.45) is 5.92 Å². The summed E-state index contributed by atoms with van der Waals surface area (Å²) >= 11 is 1.49. The molecule has 1 aliphatic carbocycles. The van der Waals surface area contributed by atoms with Crippen LogP contribution in [0.15, 0.2) is 29.2 Å². The summed E-state index contributed by atoms with van der Waals surface area (Å²) in [5, 5.41) is 8.90. The lowest BCUT2D eigenvalue weighted by Gasteiger charge is -2.11. The van der Waals surface area contributed by atoms with Crippen LogP contribution in [0.4, 0.5) is 0 Å². The van der Waals surface area contributed by atoms with Crippen LogP contribution in [0.3, 0.4) is 0 Å². The Morgan fingerprint density at radius 3 is 2.29 bits per heavy atom. The first-order valence-electron chi connectivity index (χ1n) is 6.07. The molecule has 0 amide bonds. The number of hydrogen-bond donors (Lipinski definition) is 1. The monoisotopic (exact) mass is 250 g/mol. The Balaban J connectivity index is 2.04. The molecular formula is C14H18O2S. The number of thioether (sulfide) groups is 1. The first-order valence-corrected chi connectivity index (χ1v) is 6.95. The van der Waals surface area contributed by atoms with Crippen LogP contribution in [0, 0.1) is 5.92 Å². The van der Waals surface area contributed by atoms with Crippen molar-refractivity contribution >= 4 is 17.7 Å². The van der Waals surface area contributed by atoms with Crippen molar-refractivity contribution in [3.63, 3.8) is 0 Å². The average molecular weight is 250 g/mol. The molecule has 1 unspecified atom stereocenters. The Bertz CT molecular complexity index is 393. The number of hydrogen-bond acceptors (Lipinski definition) is 2. The third kappa shape index (κ3) is 3.25. The Hall–Kier alpha value is -0.960. The lowest BCUT2D eigenvalue weighted by Crippen LogP contribution is -2.18. The van der Waals surface area contributed by atoms with Gasteiger partial charge in [-0.15, -0.1) is 11.8 Å². The Morgan fingerprint density at radius 1 is 1.29 bits per heavy atom. The number of aliphatic carboxylic acids is 1. The molecule has 17 heavy (non-hydrogen) atoms. The van der Waals surface area contributed by atoms with Crippen LogP contribution in [-0.2, 0) is 4.79 Å². The van der Waals surface area contributed by atoms with Crippen LogP contribution < -0.4 is 0 Å². The minimum atomic E-state index is -0.676. The molecule has 2 nitrogen and oxygen atoms in total. The fourth-order valence-corrected chi connectivity index (χ4v) is 2.98. The number of benzene rings is 1. The predicted molar refractivity (Wildman–Crippen MR) is 70.5 cm³/mol. The van der Waals surface area contributed by atoms with Gasteiger partial charge in [-0.2, -0.15) is 0 Å².